The van der Waals surface area contributed by atoms with Gasteiger partial charge in [-0.2, -0.15) is 18.3 Å². The van der Waals surface area contributed by atoms with Gasteiger partial charge in [0.05, 0.1) is 23.9 Å². The smallest absolute Gasteiger partial charge is 0.322 e. The first-order chi connectivity index (χ1) is 12.7. The molecule has 4 nitrogen and oxygen atoms in total. The lowest BCUT2D eigenvalue weighted by atomic mass is 10.0. The lowest BCUT2D eigenvalue weighted by Gasteiger charge is -2.08. The summed E-state index contributed by atoms with van der Waals surface area (Å²) in [5.41, 5.74) is 1.95. The van der Waals surface area contributed by atoms with Crippen LogP contribution < -0.4 is 5.32 Å². The molecular formula is C19H15ClF3N3O. The van der Waals surface area contributed by atoms with E-state index in [0.717, 1.165) is 23.3 Å². The molecule has 3 aromatic rings. The van der Waals surface area contributed by atoms with Crippen LogP contribution in [-0.2, 0) is 24.4 Å². The molecule has 0 fully saturated rings. The Morgan fingerprint density at radius 3 is 2.11 bits per heavy atom. The number of amides is 1. The van der Waals surface area contributed by atoms with E-state index in [1.54, 1.807) is 31.3 Å². The third-order valence-corrected chi connectivity index (χ3v) is 4.45. The molecule has 2 aromatic carbocycles. The van der Waals surface area contributed by atoms with E-state index in [4.69, 9.17) is 11.6 Å². The number of carbonyl (C=O) groups is 1. The number of nitrogens with zero attached hydrogens (tertiary/aromatic N) is 2. The van der Waals surface area contributed by atoms with Crippen LogP contribution in [0.15, 0.2) is 54.7 Å². The summed E-state index contributed by atoms with van der Waals surface area (Å²) >= 11 is 6.00. The molecule has 0 aliphatic carbocycles. The second-order valence-electron chi connectivity index (χ2n) is 5.97. The largest absolute Gasteiger partial charge is 0.416 e. The Labute approximate surface area is 158 Å². The van der Waals surface area contributed by atoms with Gasteiger partial charge in [0.1, 0.15) is 5.15 Å². The SMILES string of the molecule is Cn1ncc(NC(=O)Cc2ccc(-c3ccc(C(F)(F)F)cc3)cc2)c1Cl. The van der Waals surface area contributed by atoms with Gasteiger partial charge in [-0.05, 0) is 28.8 Å². The van der Waals surface area contributed by atoms with Gasteiger partial charge < -0.3 is 5.32 Å². The minimum Gasteiger partial charge on any atom is -0.322 e. The van der Waals surface area contributed by atoms with Crippen LogP contribution in [0.5, 0.6) is 0 Å². The third-order valence-electron chi connectivity index (χ3n) is 4.00. The molecule has 1 amide bonds. The van der Waals surface area contributed by atoms with Crippen molar-refractivity contribution in [2.24, 2.45) is 7.05 Å². The van der Waals surface area contributed by atoms with E-state index in [1.807, 2.05) is 0 Å². The Bertz CT molecular complexity index is 948. The average molecular weight is 394 g/mol. The summed E-state index contributed by atoms with van der Waals surface area (Å²) in [6.07, 6.45) is -2.75. The minimum absolute atomic E-state index is 0.137. The van der Waals surface area contributed by atoms with E-state index in [2.05, 4.69) is 10.4 Å². The van der Waals surface area contributed by atoms with Crippen LogP contribution in [0.4, 0.5) is 18.9 Å². The average Bonchev–Trinajstić information content (AvgIpc) is 2.94. The predicted molar refractivity (Wildman–Crippen MR) is 97.4 cm³/mol. The Morgan fingerprint density at radius 1 is 1.07 bits per heavy atom. The van der Waals surface area contributed by atoms with Crippen LogP contribution in [0, 0.1) is 0 Å². The summed E-state index contributed by atoms with van der Waals surface area (Å²) < 4.78 is 39.3. The van der Waals surface area contributed by atoms with E-state index < -0.39 is 11.7 Å². The molecule has 1 aromatic heterocycles. The molecule has 0 saturated heterocycles. The van der Waals surface area contributed by atoms with Crippen LogP contribution in [0.3, 0.4) is 0 Å². The first-order valence-electron chi connectivity index (χ1n) is 7.98. The minimum atomic E-state index is -4.35. The van der Waals surface area contributed by atoms with Crippen molar-refractivity contribution in [3.63, 3.8) is 0 Å². The van der Waals surface area contributed by atoms with Crippen molar-refractivity contribution >= 4 is 23.2 Å². The molecule has 0 aliphatic rings. The van der Waals surface area contributed by atoms with E-state index in [0.29, 0.717) is 16.4 Å². The molecule has 0 bridgehead atoms. The first-order valence-corrected chi connectivity index (χ1v) is 8.36. The van der Waals surface area contributed by atoms with Gasteiger partial charge in [-0.1, -0.05) is 48.0 Å². The van der Waals surface area contributed by atoms with Gasteiger partial charge in [-0.15, -0.1) is 0 Å². The molecule has 3 rings (SSSR count). The highest BCUT2D eigenvalue weighted by Gasteiger charge is 2.29. The van der Waals surface area contributed by atoms with Gasteiger partial charge in [0.15, 0.2) is 0 Å². The van der Waals surface area contributed by atoms with Crippen LogP contribution >= 0.6 is 11.6 Å². The maximum atomic E-state index is 12.6. The van der Waals surface area contributed by atoms with Gasteiger partial charge in [0.25, 0.3) is 0 Å². The number of carbonyl (C=O) groups excluding carboxylic acids is 1. The molecule has 0 saturated carbocycles. The Hall–Kier alpha value is -2.80. The highest BCUT2D eigenvalue weighted by atomic mass is 35.5. The molecule has 1 heterocycles. The Balaban J connectivity index is 1.66. The lowest BCUT2D eigenvalue weighted by molar-refractivity contribution is -0.137. The standard InChI is InChI=1S/C19H15ClF3N3O/c1-26-18(20)16(11-24-26)25-17(27)10-12-2-4-13(5-3-12)14-6-8-15(9-7-14)19(21,22)23/h2-9,11H,10H2,1H3,(H,25,27). The van der Waals surface area contributed by atoms with Gasteiger partial charge in [-0.3, -0.25) is 9.48 Å². The summed E-state index contributed by atoms with van der Waals surface area (Å²) in [6, 6.07) is 12.0. The number of hydrogen-bond donors (Lipinski definition) is 1. The van der Waals surface area contributed by atoms with E-state index in [9.17, 15) is 18.0 Å². The topological polar surface area (TPSA) is 46.9 Å². The number of hydrogen-bond acceptors (Lipinski definition) is 2. The normalized spacial score (nSPS) is 11.4. The zero-order chi connectivity index (χ0) is 19.6. The van der Waals surface area contributed by atoms with Gasteiger partial charge in [-0.25, -0.2) is 0 Å². The summed E-state index contributed by atoms with van der Waals surface area (Å²) in [5, 5.41) is 6.96. The molecule has 1 N–H and O–H groups in total. The summed E-state index contributed by atoms with van der Waals surface area (Å²) in [7, 11) is 1.66. The van der Waals surface area contributed by atoms with Crippen LogP contribution in [0.1, 0.15) is 11.1 Å². The molecule has 0 unspecified atom stereocenters. The van der Waals surface area contributed by atoms with Crippen molar-refractivity contribution in [2.75, 3.05) is 5.32 Å². The highest BCUT2D eigenvalue weighted by Crippen LogP contribution is 2.31. The van der Waals surface area contributed by atoms with Crippen molar-refractivity contribution in [3.8, 4) is 11.1 Å². The van der Waals surface area contributed by atoms with Crippen molar-refractivity contribution in [3.05, 3.63) is 71.0 Å². The fourth-order valence-electron chi connectivity index (χ4n) is 2.55. The summed E-state index contributed by atoms with van der Waals surface area (Å²) in [4.78, 5) is 12.1. The van der Waals surface area contributed by atoms with Crippen LogP contribution in [0.2, 0.25) is 5.15 Å². The molecule has 0 spiro atoms. The van der Waals surface area contributed by atoms with Crippen LogP contribution in [-0.4, -0.2) is 15.7 Å². The number of alkyl halides is 3. The number of rotatable bonds is 4. The fraction of sp³-hybridized carbons (Fsp3) is 0.158. The second kappa shape index (κ2) is 7.44. The predicted octanol–water partition coefficient (Wildman–Crippen LogP) is 4.94. The van der Waals surface area contributed by atoms with Crippen molar-refractivity contribution in [2.45, 2.75) is 12.6 Å². The Kier molecular flexibility index (Phi) is 5.23. The van der Waals surface area contributed by atoms with Crippen LogP contribution in [0.25, 0.3) is 11.1 Å². The van der Waals surface area contributed by atoms with Crippen molar-refractivity contribution in [1.29, 1.82) is 0 Å². The molecule has 8 heteroatoms. The van der Waals surface area contributed by atoms with E-state index in [1.165, 1.54) is 23.0 Å². The Morgan fingerprint density at radius 2 is 1.63 bits per heavy atom. The molecule has 0 atom stereocenters. The van der Waals surface area contributed by atoms with E-state index >= 15 is 0 Å². The lowest BCUT2D eigenvalue weighted by Crippen LogP contribution is -2.14. The monoisotopic (exact) mass is 393 g/mol. The number of aryl methyl sites for hydroxylation is 1. The zero-order valence-corrected chi connectivity index (χ0v) is 15.0. The number of anilines is 1. The number of nitrogens with one attached hydrogen (secondary N) is 1. The molecule has 140 valence electrons. The fourth-order valence-corrected chi connectivity index (χ4v) is 2.69. The van der Waals surface area contributed by atoms with Crippen molar-refractivity contribution < 1.29 is 18.0 Å². The molecular weight excluding hydrogens is 379 g/mol. The highest BCUT2D eigenvalue weighted by molar-refractivity contribution is 6.32. The summed E-state index contributed by atoms with van der Waals surface area (Å²) in [5.74, 6) is -0.243. The third kappa shape index (κ3) is 4.49. The van der Waals surface area contributed by atoms with Gasteiger partial charge in [0, 0.05) is 7.05 Å². The quantitative estimate of drug-likeness (QED) is 0.682. The molecule has 0 aliphatic heterocycles. The zero-order valence-electron chi connectivity index (χ0n) is 14.2. The van der Waals surface area contributed by atoms with E-state index in [-0.39, 0.29) is 12.3 Å². The summed E-state index contributed by atoms with van der Waals surface area (Å²) in [6.45, 7) is 0. The maximum Gasteiger partial charge on any atom is 0.416 e. The number of aromatic nitrogens is 2. The second-order valence-corrected chi connectivity index (χ2v) is 6.33. The molecule has 27 heavy (non-hydrogen) atoms. The molecule has 0 radical (unpaired) electrons. The van der Waals surface area contributed by atoms with Crippen molar-refractivity contribution in [1.82, 2.24) is 9.78 Å². The number of halogens is 4. The number of benzene rings is 2. The van der Waals surface area contributed by atoms with Gasteiger partial charge in [0.2, 0.25) is 5.91 Å². The first kappa shape index (κ1) is 19.0. The van der Waals surface area contributed by atoms with Gasteiger partial charge >= 0.3 is 6.18 Å². The maximum absolute atomic E-state index is 12.6.